The van der Waals surface area contributed by atoms with Crippen molar-refractivity contribution >= 4 is 11.9 Å². The summed E-state index contributed by atoms with van der Waals surface area (Å²) in [5.74, 6) is -10.4. The van der Waals surface area contributed by atoms with Gasteiger partial charge in [-0.3, -0.25) is 0 Å². The van der Waals surface area contributed by atoms with E-state index in [0.29, 0.717) is 6.92 Å². The average Bonchev–Trinajstić information content (AvgIpc) is 2.33. The third kappa shape index (κ3) is 5.36. The van der Waals surface area contributed by atoms with Crippen molar-refractivity contribution in [2.45, 2.75) is 43.6 Å². The molecule has 0 aliphatic heterocycles. The number of hydrogen-bond acceptors (Lipinski definition) is 4. The molecule has 134 valence electrons. The molecule has 1 atom stereocenters. The lowest BCUT2D eigenvalue weighted by Gasteiger charge is -2.36. The van der Waals surface area contributed by atoms with Crippen molar-refractivity contribution in [2.75, 3.05) is 0 Å². The summed E-state index contributed by atoms with van der Waals surface area (Å²) in [5, 5.41) is 9.90. The first-order valence-corrected chi connectivity index (χ1v) is 5.71. The number of carbonyl (C=O) groups excluding carboxylic acids is 2. The standard InChI is InChI=1S/C11H10F8O4/c1-2-8(12,5-9(13,14)15)10(16,17)11(18,19)23-7(22)4-3-6(20)21/h3-4H,2,5H2,1H3,(H,20,21)/p-1. The van der Waals surface area contributed by atoms with Gasteiger partial charge in [0.05, 0.1) is 12.4 Å². The van der Waals surface area contributed by atoms with Crippen LogP contribution >= 0.6 is 0 Å². The molecule has 0 bridgehead atoms. The Hall–Kier alpha value is -1.88. The maximum Gasteiger partial charge on any atom is 0.470 e. The zero-order valence-corrected chi connectivity index (χ0v) is 11.2. The van der Waals surface area contributed by atoms with Gasteiger partial charge in [0.1, 0.15) is 0 Å². The molecule has 0 N–H and O–H groups in total. The van der Waals surface area contributed by atoms with Gasteiger partial charge in [0, 0.05) is 6.08 Å². The highest BCUT2D eigenvalue weighted by atomic mass is 19.4. The van der Waals surface area contributed by atoms with Crippen LogP contribution < -0.4 is 5.11 Å². The molecule has 0 aliphatic rings. The van der Waals surface area contributed by atoms with Crippen LogP contribution in [0.1, 0.15) is 19.8 Å². The number of halogens is 8. The normalized spacial score (nSPS) is 16.2. The molecule has 0 saturated heterocycles. The predicted molar refractivity (Wildman–Crippen MR) is 54.9 cm³/mol. The second kappa shape index (κ2) is 6.71. The number of alkyl halides is 8. The molecule has 0 spiro atoms. The van der Waals surface area contributed by atoms with E-state index < -0.39 is 48.7 Å². The Bertz CT molecular complexity index is 485. The number of esters is 1. The molecular formula is C11H9F8O4-. The molecule has 0 aliphatic carbocycles. The van der Waals surface area contributed by atoms with E-state index in [-0.39, 0.29) is 12.2 Å². The van der Waals surface area contributed by atoms with Crippen molar-refractivity contribution in [3.63, 3.8) is 0 Å². The highest BCUT2D eigenvalue weighted by molar-refractivity contribution is 5.90. The first-order chi connectivity index (χ1) is 10.1. The summed E-state index contributed by atoms with van der Waals surface area (Å²) >= 11 is 0. The number of carbonyl (C=O) groups is 2. The van der Waals surface area contributed by atoms with Crippen LogP contribution in [-0.2, 0) is 14.3 Å². The van der Waals surface area contributed by atoms with Crippen molar-refractivity contribution < 1.29 is 54.6 Å². The number of ether oxygens (including phenoxy) is 1. The Kier molecular flexibility index (Phi) is 6.16. The van der Waals surface area contributed by atoms with Crippen LogP contribution in [-0.4, -0.2) is 35.8 Å². The maximum atomic E-state index is 13.8. The molecule has 23 heavy (non-hydrogen) atoms. The molecule has 4 nitrogen and oxygen atoms in total. The molecule has 0 aromatic rings. The number of aliphatic carboxylic acids is 1. The second-order valence-corrected chi connectivity index (χ2v) is 4.28. The van der Waals surface area contributed by atoms with Crippen LogP contribution in [0.4, 0.5) is 35.1 Å². The van der Waals surface area contributed by atoms with E-state index >= 15 is 0 Å². The molecule has 0 fully saturated rings. The number of carboxylic acids is 1. The molecule has 0 heterocycles. The summed E-state index contributed by atoms with van der Waals surface area (Å²) in [6, 6.07) is 0. The van der Waals surface area contributed by atoms with E-state index in [4.69, 9.17) is 0 Å². The van der Waals surface area contributed by atoms with E-state index in [1.165, 1.54) is 0 Å². The monoisotopic (exact) mass is 357 g/mol. The van der Waals surface area contributed by atoms with Crippen LogP contribution in [0.25, 0.3) is 0 Å². The summed E-state index contributed by atoms with van der Waals surface area (Å²) in [5.41, 5.74) is -4.76. The summed E-state index contributed by atoms with van der Waals surface area (Å²) < 4.78 is 107. The van der Waals surface area contributed by atoms with Gasteiger partial charge in [0.15, 0.2) is 5.67 Å². The highest BCUT2D eigenvalue weighted by Crippen LogP contribution is 2.51. The SMILES string of the molecule is CCC(F)(CC(F)(F)F)C(F)(F)C(F)(F)OC(=O)C=CC(=O)[O-]. The lowest BCUT2D eigenvalue weighted by molar-refractivity contribution is -0.371. The molecule has 0 saturated carbocycles. The van der Waals surface area contributed by atoms with Crippen molar-refractivity contribution in [1.82, 2.24) is 0 Å². The van der Waals surface area contributed by atoms with Gasteiger partial charge in [-0.05, 0) is 12.5 Å². The molecule has 0 amide bonds. The van der Waals surface area contributed by atoms with Crippen molar-refractivity contribution in [3.05, 3.63) is 12.2 Å². The van der Waals surface area contributed by atoms with Crippen LogP contribution in [0.5, 0.6) is 0 Å². The van der Waals surface area contributed by atoms with Gasteiger partial charge in [-0.15, -0.1) is 0 Å². The number of hydrogen-bond donors (Lipinski definition) is 0. The van der Waals surface area contributed by atoms with Gasteiger partial charge in [-0.2, -0.15) is 30.7 Å². The van der Waals surface area contributed by atoms with Crippen LogP contribution in [0, 0.1) is 0 Å². The van der Waals surface area contributed by atoms with Crippen molar-refractivity contribution in [1.29, 1.82) is 0 Å². The lowest BCUT2D eigenvalue weighted by Crippen LogP contribution is -2.59. The predicted octanol–water partition coefficient (Wildman–Crippen LogP) is 2.13. The van der Waals surface area contributed by atoms with E-state index in [9.17, 15) is 49.8 Å². The Morgan fingerprint density at radius 2 is 1.48 bits per heavy atom. The number of rotatable bonds is 7. The number of carboxylic acid groups (broad SMARTS) is 1. The van der Waals surface area contributed by atoms with Gasteiger partial charge >= 0.3 is 24.2 Å². The summed E-state index contributed by atoms with van der Waals surface area (Å²) in [6.07, 6.45) is -16.5. The summed E-state index contributed by atoms with van der Waals surface area (Å²) in [7, 11) is 0. The summed E-state index contributed by atoms with van der Waals surface area (Å²) in [4.78, 5) is 20.7. The first kappa shape index (κ1) is 21.1. The third-order valence-corrected chi connectivity index (χ3v) is 2.55. The minimum atomic E-state index is -6.03. The van der Waals surface area contributed by atoms with Gasteiger partial charge in [0.2, 0.25) is 0 Å². The van der Waals surface area contributed by atoms with E-state index in [0.717, 1.165) is 0 Å². The molecule has 12 heteroatoms. The Labute approximate surface area is 123 Å². The fraction of sp³-hybridized carbons (Fsp3) is 0.636. The van der Waals surface area contributed by atoms with Crippen molar-refractivity contribution in [2.24, 2.45) is 0 Å². The molecule has 0 aromatic carbocycles. The topological polar surface area (TPSA) is 66.4 Å². The van der Waals surface area contributed by atoms with Gasteiger partial charge in [-0.25, -0.2) is 9.18 Å². The van der Waals surface area contributed by atoms with Crippen LogP contribution in [0.2, 0.25) is 0 Å². The van der Waals surface area contributed by atoms with E-state index in [2.05, 4.69) is 4.74 Å². The van der Waals surface area contributed by atoms with Crippen LogP contribution in [0.15, 0.2) is 12.2 Å². The maximum absolute atomic E-state index is 13.8. The zero-order valence-electron chi connectivity index (χ0n) is 11.2. The first-order valence-electron chi connectivity index (χ1n) is 5.71. The Morgan fingerprint density at radius 1 is 1.00 bits per heavy atom. The fourth-order valence-electron chi connectivity index (χ4n) is 1.40. The van der Waals surface area contributed by atoms with Gasteiger partial charge in [0.25, 0.3) is 0 Å². The smallest absolute Gasteiger partial charge is 0.470 e. The highest BCUT2D eigenvalue weighted by Gasteiger charge is 2.73. The van der Waals surface area contributed by atoms with E-state index in [1.807, 2.05) is 0 Å². The largest absolute Gasteiger partial charge is 0.545 e. The van der Waals surface area contributed by atoms with Crippen LogP contribution in [0.3, 0.4) is 0 Å². The summed E-state index contributed by atoms with van der Waals surface area (Å²) in [6.45, 7) is 0.466. The lowest BCUT2D eigenvalue weighted by atomic mass is 9.89. The minimum absolute atomic E-state index is 0.158. The average molecular weight is 357 g/mol. The Balaban J connectivity index is 5.49. The third-order valence-electron chi connectivity index (χ3n) is 2.55. The zero-order chi connectivity index (χ0) is 18.7. The fourth-order valence-corrected chi connectivity index (χ4v) is 1.40. The second-order valence-electron chi connectivity index (χ2n) is 4.28. The van der Waals surface area contributed by atoms with Gasteiger partial charge < -0.3 is 14.6 Å². The molecular weight excluding hydrogens is 348 g/mol. The Morgan fingerprint density at radius 3 is 1.83 bits per heavy atom. The minimum Gasteiger partial charge on any atom is -0.545 e. The molecule has 0 radical (unpaired) electrons. The van der Waals surface area contributed by atoms with Crippen molar-refractivity contribution in [3.8, 4) is 0 Å². The molecule has 1 unspecified atom stereocenters. The van der Waals surface area contributed by atoms with Gasteiger partial charge in [-0.1, -0.05) is 6.92 Å². The quantitative estimate of drug-likeness (QED) is 0.398. The molecule has 0 aromatic heterocycles. The van der Waals surface area contributed by atoms with E-state index in [1.54, 1.807) is 0 Å². The molecule has 0 rings (SSSR count).